The molecule has 0 aromatic carbocycles. The van der Waals surface area contributed by atoms with E-state index in [0.29, 0.717) is 17.7 Å². The van der Waals surface area contributed by atoms with E-state index < -0.39 is 0 Å². The third-order valence-electron chi connectivity index (χ3n) is 4.89. The summed E-state index contributed by atoms with van der Waals surface area (Å²) in [5.41, 5.74) is 1.32. The van der Waals surface area contributed by atoms with Gasteiger partial charge in [-0.25, -0.2) is 0 Å². The van der Waals surface area contributed by atoms with Crippen LogP contribution in [0.1, 0.15) is 38.2 Å². The molecule has 0 bridgehead atoms. The molecule has 2 aliphatic rings. The van der Waals surface area contributed by atoms with Crippen molar-refractivity contribution in [2.45, 2.75) is 39.0 Å². The van der Waals surface area contributed by atoms with Gasteiger partial charge in [0.1, 0.15) is 0 Å². The molecule has 1 amide bonds. The van der Waals surface area contributed by atoms with E-state index in [0.717, 1.165) is 32.4 Å². The lowest BCUT2D eigenvalue weighted by Crippen LogP contribution is -2.42. The lowest BCUT2D eigenvalue weighted by atomic mass is 9.90. The lowest BCUT2D eigenvalue weighted by molar-refractivity contribution is -0.137. The van der Waals surface area contributed by atoms with E-state index in [-0.39, 0.29) is 5.92 Å². The number of likely N-dealkylation sites (tertiary alicyclic amines) is 1. The maximum atomic E-state index is 12.4. The molecule has 1 unspecified atom stereocenters. The summed E-state index contributed by atoms with van der Waals surface area (Å²) >= 11 is 0. The van der Waals surface area contributed by atoms with E-state index in [1.807, 2.05) is 18.5 Å². The van der Waals surface area contributed by atoms with Crippen molar-refractivity contribution in [2.24, 2.45) is 17.8 Å². The van der Waals surface area contributed by atoms with Gasteiger partial charge in [-0.1, -0.05) is 13.0 Å². The summed E-state index contributed by atoms with van der Waals surface area (Å²) in [5, 5.41) is 0. The van der Waals surface area contributed by atoms with Crippen LogP contribution in [-0.2, 0) is 11.2 Å². The van der Waals surface area contributed by atoms with Crippen LogP contribution in [0.15, 0.2) is 24.5 Å². The molecule has 0 radical (unpaired) electrons. The van der Waals surface area contributed by atoms with Crippen molar-refractivity contribution >= 4 is 5.91 Å². The molecule has 1 atom stereocenters. The standard InChI is InChI=1S/C17H24N2O/c1-13(16-4-5-16)17(20)19-9-6-14(7-10-19)11-15-3-2-8-18-12-15/h2-3,8,12-14,16H,4-7,9-11H2,1H3. The van der Waals surface area contributed by atoms with Crippen molar-refractivity contribution in [1.82, 2.24) is 9.88 Å². The monoisotopic (exact) mass is 272 g/mol. The first kappa shape index (κ1) is 13.6. The van der Waals surface area contributed by atoms with Crippen molar-refractivity contribution in [3.63, 3.8) is 0 Å². The summed E-state index contributed by atoms with van der Waals surface area (Å²) < 4.78 is 0. The highest BCUT2D eigenvalue weighted by Crippen LogP contribution is 2.38. The fourth-order valence-electron chi connectivity index (χ4n) is 3.30. The zero-order chi connectivity index (χ0) is 13.9. The Morgan fingerprint density at radius 3 is 2.70 bits per heavy atom. The normalized spacial score (nSPS) is 21.8. The minimum Gasteiger partial charge on any atom is -0.342 e. The summed E-state index contributed by atoms with van der Waals surface area (Å²) in [6, 6.07) is 4.16. The average molecular weight is 272 g/mol. The van der Waals surface area contributed by atoms with Crippen LogP contribution in [0.5, 0.6) is 0 Å². The number of carbonyl (C=O) groups is 1. The molecule has 1 saturated carbocycles. The molecule has 1 saturated heterocycles. The Kier molecular flexibility index (Phi) is 4.04. The van der Waals surface area contributed by atoms with Crippen LogP contribution in [0, 0.1) is 17.8 Å². The maximum Gasteiger partial charge on any atom is 0.225 e. The molecular weight excluding hydrogens is 248 g/mol. The first-order chi connectivity index (χ1) is 9.74. The first-order valence-electron chi connectivity index (χ1n) is 7.91. The van der Waals surface area contributed by atoms with Crippen molar-refractivity contribution < 1.29 is 4.79 Å². The summed E-state index contributed by atoms with van der Waals surface area (Å²) in [6.45, 7) is 4.00. The Bertz CT molecular complexity index is 447. The largest absolute Gasteiger partial charge is 0.342 e. The smallest absolute Gasteiger partial charge is 0.225 e. The zero-order valence-electron chi connectivity index (χ0n) is 12.3. The summed E-state index contributed by atoms with van der Waals surface area (Å²) in [4.78, 5) is 18.6. The Labute approximate surface area is 121 Å². The molecule has 0 N–H and O–H groups in total. The minimum atomic E-state index is 0.255. The molecule has 3 heteroatoms. The Balaban J connectivity index is 1.48. The zero-order valence-corrected chi connectivity index (χ0v) is 12.3. The fraction of sp³-hybridized carbons (Fsp3) is 0.647. The Morgan fingerprint density at radius 2 is 2.10 bits per heavy atom. The second-order valence-electron chi connectivity index (χ2n) is 6.46. The topological polar surface area (TPSA) is 33.2 Å². The van der Waals surface area contributed by atoms with E-state index in [1.165, 1.54) is 18.4 Å². The van der Waals surface area contributed by atoms with Gasteiger partial charge in [0.15, 0.2) is 0 Å². The van der Waals surface area contributed by atoms with Crippen molar-refractivity contribution in [1.29, 1.82) is 0 Å². The highest BCUT2D eigenvalue weighted by molar-refractivity contribution is 5.79. The molecule has 3 rings (SSSR count). The summed E-state index contributed by atoms with van der Waals surface area (Å²) in [6.07, 6.45) is 9.68. The number of amides is 1. The van der Waals surface area contributed by atoms with Gasteiger partial charge >= 0.3 is 0 Å². The van der Waals surface area contributed by atoms with Crippen LogP contribution in [0.2, 0.25) is 0 Å². The number of piperidine rings is 1. The predicted octanol–water partition coefficient (Wildman–Crippen LogP) is 2.91. The summed E-state index contributed by atoms with van der Waals surface area (Å²) in [5.74, 6) is 2.03. The van der Waals surface area contributed by atoms with Gasteiger partial charge in [-0.3, -0.25) is 9.78 Å². The molecule has 1 aliphatic heterocycles. The average Bonchev–Trinajstić information content (AvgIpc) is 3.32. The van der Waals surface area contributed by atoms with Crippen LogP contribution >= 0.6 is 0 Å². The molecule has 3 nitrogen and oxygen atoms in total. The molecule has 1 aromatic rings. The Hall–Kier alpha value is -1.38. The minimum absolute atomic E-state index is 0.255. The number of pyridine rings is 1. The number of hydrogen-bond donors (Lipinski definition) is 0. The third-order valence-corrected chi connectivity index (χ3v) is 4.89. The first-order valence-corrected chi connectivity index (χ1v) is 7.91. The van der Waals surface area contributed by atoms with E-state index in [9.17, 15) is 4.79 Å². The number of hydrogen-bond acceptors (Lipinski definition) is 2. The van der Waals surface area contributed by atoms with Gasteiger partial charge in [-0.2, -0.15) is 0 Å². The third kappa shape index (κ3) is 3.20. The highest BCUT2D eigenvalue weighted by atomic mass is 16.2. The molecule has 1 aliphatic carbocycles. The van der Waals surface area contributed by atoms with Gasteiger partial charge in [-0.05, 0) is 55.6 Å². The quantitative estimate of drug-likeness (QED) is 0.844. The van der Waals surface area contributed by atoms with Crippen LogP contribution in [0.25, 0.3) is 0 Å². The predicted molar refractivity (Wildman–Crippen MR) is 79.1 cm³/mol. The van der Waals surface area contributed by atoms with E-state index in [4.69, 9.17) is 0 Å². The van der Waals surface area contributed by atoms with Gasteiger partial charge in [0.2, 0.25) is 5.91 Å². The summed E-state index contributed by atoms with van der Waals surface area (Å²) in [7, 11) is 0. The van der Waals surface area contributed by atoms with Crippen LogP contribution in [-0.4, -0.2) is 28.9 Å². The second-order valence-corrected chi connectivity index (χ2v) is 6.46. The number of carbonyl (C=O) groups excluding carboxylic acids is 1. The van der Waals surface area contributed by atoms with Crippen LogP contribution in [0.3, 0.4) is 0 Å². The second kappa shape index (κ2) is 5.94. The van der Waals surface area contributed by atoms with E-state index >= 15 is 0 Å². The maximum absolute atomic E-state index is 12.4. The fourth-order valence-corrected chi connectivity index (χ4v) is 3.30. The Morgan fingerprint density at radius 1 is 1.35 bits per heavy atom. The van der Waals surface area contributed by atoms with E-state index in [1.54, 1.807) is 0 Å². The number of nitrogens with zero attached hydrogens (tertiary/aromatic N) is 2. The molecule has 20 heavy (non-hydrogen) atoms. The molecular formula is C17H24N2O. The number of aromatic nitrogens is 1. The highest BCUT2D eigenvalue weighted by Gasteiger charge is 2.35. The van der Waals surface area contributed by atoms with Gasteiger partial charge in [0.25, 0.3) is 0 Å². The molecule has 108 valence electrons. The molecule has 0 spiro atoms. The van der Waals surface area contributed by atoms with Crippen molar-refractivity contribution in [3.05, 3.63) is 30.1 Å². The number of rotatable bonds is 4. The van der Waals surface area contributed by atoms with Gasteiger partial charge in [0.05, 0.1) is 0 Å². The lowest BCUT2D eigenvalue weighted by Gasteiger charge is -2.33. The van der Waals surface area contributed by atoms with Crippen LogP contribution < -0.4 is 0 Å². The SMILES string of the molecule is CC(C(=O)N1CCC(Cc2cccnc2)CC1)C1CC1. The van der Waals surface area contributed by atoms with Crippen LogP contribution in [0.4, 0.5) is 0 Å². The van der Waals surface area contributed by atoms with Crippen molar-refractivity contribution in [3.8, 4) is 0 Å². The molecule has 2 heterocycles. The van der Waals surface area contributed by atoms with Gasteiger partial charge < -0.3 is 4.90 Å². The van der Waals surface area contributed by atoms with Gasteiger partial charge in [0, 0.05) is 31.4 Å². The van der Waals surface area contributed by atoms with Crippen molar-refractivity contribution in [2.75, 3.05) is 13.1 Å². The van der Waals surface area contributed by atoms with E-state index in [2.05, 4.69) is 22.9 Å². The molecule has 2 fully saturated rings. The van der Waals surface area contributed by atoms with Gasteiger partial charge in [-0.15, -0.1) is 0 Å². The molecule has 1 aromatic heterocycles.